The van der Waals surface area contributed by atoms with E-state index < -0.39 is 10.0 Å². The molecule has 0 aliphatic carbocycles. The number of carbonyl (C=O) groups is 1. The van der Waals surface area contributed by atoms with Gasteiger partial charge in [-0.2, -0.15) is 0 Å². The van der Waals surface area contributed by atoms with Crippen molar-refractivity contribution in [2.75, 3.05) is 32.5 Å². The van der Waals surface area contributed by atoms with Gasteiger partial charge in [0.05, 0.1) is 24.1 Å². The van der Waals surface area contributed by atoms with Crippen LogP contribution < -0.4 is 15.4 Å². The summed E-state index contributed by atoms with van der Waals surface area (Å²) in [4.78, 5) is 20.9. The average molecular weight is 533 g/mol. The van der Waals surface area contributed by atoms with Crippen molar-refractivity contribution in [3.05, 3.63) is 15.6 Å². The summed E-state index contributed by atoms with van der Waals surface area (Å²) < 4.78 is 30.3. The number of nitrogens with zero attached hydrogens (tertiary/aromatic N) is 2. The first-order chi connectivity index (χ1) is 12.2. The Bertz CT molecular complexity index is 737. The predicted octanol–water partition coefficient (Wildman–Crippen LogP) is 1.41. The lowest BCUT2D eigenvalue weighted by Gasteiger charge is -2.16. The molecule has 1 unspecified atom stereocenters. The van der Waals surface area contributed by atoms with E-state index in [4.69, 9.17) is 4.74 Å². The van der Waals surface area contributed by atoms with Crippen molar-refractivity contribution in [3.8, 4) is 0 Å². The lowest BCUT2D eigenvalue weighted by molar-refractivity contribution is 0.0531. The molecular weight excluding hydrogens is 505 g/mol. The number of rotatable bonds is 9. The monoisotopic (exact) mass is 533 g/mol. The van der Waals surface area contributed by atoms with Crippen molar-refractivity contribution >= 4 is 57.3 Å². The van der Waals surface area contributed by atoms with E-state index in [1.54, 1.807) is 27.8 Å². The van der Waals surface area contributed by atoms with Crippen molar-refractivity contribution in [1.82, 2.24) is 20.3 Å². The quantitative estimate of drug-likeness (QED) is 0.144. The number of sulfonamides is 1. The lowest BCUT2D eigenvalue weighted by Crippen LogP contribution is -2.42. The third kappa shape index (κ3) is 8.70. The first kappa shape index (κ1) is 26.0. The van der Waals surface area contributed by atoms with Crippen LogP contribution in [0, 0.1) is 6.92 Å². The van der Waals surface area contributed by atoms with Crippen molar-refractivity contribution in [2.45, 2.75) is 33.7 Å². The van der Waals surface area contributed by atoms with Crippen LogP contribution in [0.1, 0.15) is 47.2 Å². The van der Waals surface area contributed by atoms with Gasteiger partial charge in [-0.05, 0) is 27.7 Å². The average Bonchev–Trinajstić information content (AvgIpc) is 2.99. The molecule has 0 saturated carbocycles. The van der Waals surface area contributed by atoms with Crippen molar-refractivity contribution in [2.24, 2.45) is 4.99 Å². The fourth-order valence-electron chi connectivity index (χ4n) is 1.94. The van der Waals surface area contributed by atoms with Gasteiger partial charge in [0, 0.05) is 20.1 Å². The Balaban J connectivity index is 0.00000676. The van der Waals surface area contributed by atoms with Gasteiger partial charge in [-0.3, -0.25) is 4.99 Å². The molecule has 12 heteroatoms. The van der Waals surface area contributed by atoms with Gasteiger partial charge in [-0.25, -0.2) is 22.9 Å². The van der Waals surface area contributed by atoms with Gasteiger partial charge in [0.15, 0.2) is 5.96 Å². The van der Waals surface area contributed by atoms with E-state index in [1.165, 1.54) is 11.3 Å². The second-order valence-electron chi connectivity index (χ2n) is 5.35. The van der Waals surface area contributed by atoms with E-state index in [-0.39, 0.29) is 48.3 Å². The fraction of sp³-hybridized carbons (Fsp3) is 0.667. The van der Waals surface area contributed by atoms with Gasteiger partial charge in [0.1, 0.15) is 9.88 Å². The van der Waals surface area contributed by atoms with Crippen LogP contribution in [0.15, 0.2) is 4.99 Å². The molecule has 3 N–H and O–H groups in total. The van der Waals surface area contributed by atoms with Gasteiger partial charge < -0.3 is 15.4 Å². The molecule has 1 aromatic heterocycles. The van der Waals surface area contributed by atoms with Crippen LogP contribution in [0.5, 0.6) is 0 Å². The predicted molar refractivity (Wildman–Crippen MR) is 119 cm³/mol. The molecule has 0 aliphatic rings. The summed E-state index contributed by atoms with van der Waals surface area (Å²) in [5, 5.41) is 6.93. The van der Waals surface area contributed by atoms with E-state index in [1.807, 2.05) is 6.92 Å². The van der Waals surface area contributed by atoms with E-state index in [0.717, 1.165) is 5.01 Å². The SMILES string of the molecule is CCOC(=O)c1sc(C(C)NC(=NC)NCCNS(=O)(=O)CC)nc1C.I. The minimum Gasteiger partial charge on any atom is -0.462 e. The van der Waals surface area contributed by atoms with Gasteiger partial charge in [0.25, 0.3) is 0 Å². The number of nitrogens with one attached hydrogen (secondary N) is 3. The first-order valence-corrected chi connectivity index (χ1v) is 10.8. The molecule has 1 rings (SSSR count). The minimum atomic E-state index is -3.21. The molecule has 9 nitrogen and oxygen atoms in total. The molecule has 0 radical (unpaired) electrons. The number of halogens is 1. The van der Waals surface area contributed by atoms with Gasteiger partial charge in [-0.1, -0.05) is 0 Å². The van der Waals surface area contributed by atoms with Crippen molar-refractivity contribution in [1.29, 1.82) is 0 Å². The molecule has 0 fully saturated rings. The molecule has 0 aliphatic heterocycles. The van der Waals surface area contributed by atoms with Crippen LogP contribution in [-0.2, 0) is 14.8 Å². The van der Waals surface area contributed by atoms with Gasteiger partial charge in [0.2, 0.25) is 10.0 Å². The second kappa shape index (κ2) is 12.5. The summed E-state index contributed by atoms with van der Waals surface area (Å²) in [6.45, 7) is 7.97. The third-order valence-corrected chi connectivity index (χ3v) is 6.06. The Labute approximate surface area is 181 Å². The smallest absolute Gasteiger partial charge is 0.350 e. The molecule has 27 heavy (non-hydrogen) atoms. The standard InChI is InChI=1S/C15H27N5O4S2.HI/c1-6-24-14(21)12-10(3)19-13(25-12)11(4)20-15(16-5)17-8-9-18-26(22,23)7-2;/h11,18H,6-9H2,1-5H3,(H2,16,17,20);1H. The van der Waals surface area contributed by atoms with E-state index >= 15 is 0 Å². The lowest BCUT2D eigenvalue weighted by atomic mass is 10.3. The molecule has 0 amide bonds. The maximum Gasteiger partial charge on any atom is 0.350 e. The number of hydrogen-bond donors (Lipinski definition) is 3. The van der Waals surface area contributed by atoms with Crippen LogP contribution in [0.25, 0.3) is 0 Å². The second-order valence-corrected chi connectivity index (χ2v) is 8.48. The number of ether oxygens (including phenoxy) is 1. The zero-order chi connectivity index (χ0) is 19.7. The summed E-state index contributed by atoms with van der Waals surface area (Å²) >= 11 is 1.28. The van der Waals surface area contributed by atoms with Crippen molar-refractivity contribution in [3.63, 3.8) is 0 Å². The Hall–Kier alpha value is -0.990. The molecule has 1 aromatic rings. The van der Waals surface area contributed by atoms with Crippen LogP contribution >= 0.6 is 35.3 Å². The van der Waals surface area contributed by atoms with E-state index in [2.05, 4.69) is 25.3 Å². The number of guanidine groups is 1. The Morgan fingerprint density at radius 3 is 2.56 bits per heavy atom. The highest BCUT2D eigenvalue weighted by atomic mass is 127. The summed E-state index contributed by atoms with van der Waals surface area (Å²) in [5.41, 5.74) is 0.633. The minimum absolute atomic E-state index is 0. The Morgan fingerprint density at radius 2 is 2.00 bits per heavy atom. The summed E-state index contributed by atoms with van der Waals surface area (Å²) in [6.07, 6.45) is 0. The number of thiazole rings is 1. The normalized spacial score (nSPS) is 12.9. The van der Waals surface area contributed by atoms with Crippen molar-refractivity contribution < 1.29 is 17.9 Å². The molecule has 156 valence electrons. The zero-order valence-corrected chi connectivity index (χ0v) is 20.1. The molecule has 0 saturated heterocycles. The van der Waals surface area contributed by atoms with Gasteiger partial charge >= 0.3 is 5.97 Å². The highest BCUT2D eigenvalue weighted by Crippen LogP contribution is 2.24. The van der Waals surface area contributed by atoms with E-state index in [0.29, 0.717) is 29.7 Å². The molecule has 0 aromatic carbocycles. The highest BCUT2D eigenvalue weighted by Gasteiger charge is 2.20. The Kier molecular flexibility index (Phi) is 12.0. The maximum atomic E-state index is 11.9. The first-order valence-electron chi connectivity index (χ1n) is 8.33. The van der Waals surface area contributed by atoms with Crippen LogP contribution in [0.2, 0.25) is 0 Å². The molecular formula is C15H28IN5O4S2. The fourth-order valence-corrected chi connectivity index (χ4v) is 3.52. The molecule has 1 atom stereocenters. The number of aromatic nitrogens is 1. The number of carbonyl (C=O) groups excluding carboxylic acids is 1. The zero-order valence-electron chi connectivity index (χ0n) is 16.2. The van der Waals surface area contributed by atoms with Crippen LogP contribution in [0.3, 0.4) is 0 Å². The number of esters is 1. The Morgan fingerprint density at radius 1 is 1.33 bits per heavy atom. The maximum absolute atomic E-state index is 11.9. The summed E-state index contributed by atoms with van der Waals surface area (Å²) in [7, 11) is -1.59. The topological polar surface area (TPSA) is 122 Å². The molecule has 0 spiro atoms. The van der Waals surface area contributed by atoms with Gasteiger partial charge in [-0.15, -0.1) is 35.3 Å². The largest absolute Gasteiger partial charge is 0.462 e. The molecule has 1 heterocycles. The summed E-state index contributed by atoms with van der Waals surface area (Å²) in [6, 6.07) is -0.180. The number of hydrogen-bond acceptors (Lipinski definition) is 7. The summed E-state index contributed by atoms with van der Waals surface area (Å²) in [5.74, 6) is 0.189. The van der Waals surface area contributed by atoms with Crippen LogP contribution in [0.4, 0.5) is 0 Å². The van der Waals surface area contributed by atoms with E-state index in [9.17, 15) is 13.2 Å². The third-order valence-electron chi connectivity index (χ3n) is 3.34. The highest BCUT2D eigenvalue weighted by molar-refractivity contribution is 14.0. The number of aliphatic imine (C=N–C) groups is 1. The molecule has 0 bridgehead atoms. The van der Waals surface area contributed by atoms with Crippen LogP contribution in [-0.4, -0.2) is 57.8 Å². The number of aryl methyl sites for hydroxylation is 1.